The van der Waals surface area contributed by atoms with E-state index in [9.17, 15) is 26.8 Å². The van der Waals surface area contributed by atoms with Crippen LogP contribution in [0.25, 0.3) is 0 Å². The van der Waals surface area contributed by atoms with Crippen LogP contribution in [-0.4, -0.2) is 45.8 Å². The van der Waals surface area contributed by atoms with E-state index in [0.717, 1.165) is 18.2 Å². The van der Waals surface area contributed by atoms with Gasteiger partial charge in [-0.15, -0.1) is 0 Å². The van der Waals surface area contributed by atoms with Crippen LogP contribution in [0.4, 0.5) is 8.78 Å². The van der Waals surface area contributed by atoms with Crippen molar-refractivity contribution in [2.75, 3.05) is 20.6 Å². The van der Waals surface area contributed by atoms with Crippen LogP contribution in [0.3, 0.4) is 0 Å². The average molecular weight is 408 g/mol. The molecular weight excluding hydrogens is 390 g/mol. The summed E-state index contributed by atoms with van der Waals surface area (Å²) in [6, 6.07) is 7.43. The first kappa shape index (κ1) is 21.2. The number of sulfone groups is 1. The van der Waals surface area contributed by atoms with Crippen molar-refractivity contribution in [3.8, 4) is 0 Å². The Bertz CT molecular complexity index is 1030. The van der Waals surface area contributed by atoms with Gasteiger partial charge in [0.15, 0.2) is 11.6 Å². The number of carbonyl (C=O) groups excluding carboxylic acids is 2. The third kappa shape index (κ3) is 5.01. The van der Waals surface area contributed by atoms with Crippen molar-refractivity contribution in [2.45, 2.75) is 9.79 Å². The van der Waals surface area contributed by atoms with Gasteiger partial charge in [0, 0.05) is 32.3 Å². The number of hydrogen-bond donors (Lipinski definition) is 1. The lowest BCUT2D eigenvalue weighted by Gasteiger charge is -2.08. The van der Waals surface area contributed by atoms with Crippen molar-refractivity contribution in [3.05, 3.63) is 71.8 Å². The highest BCUT2D eigenvalue weighted by molar-refractivity contribution is 7.91. The summed E-state index contributed by atoms with van der Waals surface area (Å²) in [7, 11) is -0.956. The summed E-state index contributed by atoms with van der Waals surface area (Å²) in [4.78, 5) is 24.3. The predicted octanol–water partition coefficient (Wildman–Crippen LogP) is 2.17. The molecule has 2 amide bonds. The molecule has 148 valence electrons. The van der Waals surface area contributed by atoms with Crippen LogP contribution in [0.15, 0.2) is 64.4 Å². The van der Waals surface area contributed by atoms with Gasteiger partial charge >= 0.3 is 0 Å². The quantitative estimate of drug-likeness (QED) is 0.587. The monoisotopic (exact) mass is 408 g/mol. The summed E-state index contributed by atoms with van der Waals surface area (Å²) >= 11 is 0. The van der Waals surface area contributed by atoms with E-state index in [1.54, 1.807) is 14.1 Å². The minimum atomic E-state index is -4.13. The normalized spacial score (nSPS) is 11.4. The Labute approximate surface area is 161 Å². The number of likely N-dealkylation sites (N-methyl/N-ethyl adjacent to an activating group) is 1. The molecule has 0 aliphatic heterocycles. The van der Waals surface area contributed by atoms with Gasteiger partial charge in [-0.25, -0.2) is 17.2 Å². The number of rotatable bonds is 6. The van der Waals surface area contributed by atoms with Gasteiger partial charge in [0.1, 0.15) is 0 Å². The zero-order valence-corrected chi connectivity index (χ0v) is 16.0. The van der Waals surface area contributed by atoms with Crippen LogP contribution in [0.1, 0.15) is 10.4 Å². The molecular formula is C19H18F2N2O4S. The lowest BCUT2D eigenvalue weighted by molar-refractivity contribution is -0.123. The minimum absolute atomic E-state index is 0.0657. The van der Waals surface area contributed by atoms with Crippen LogP contribution >= 0.6 is 0 Å². The van der Waals surface area contributed by atoms with Gasteiger partial charge in [-0.3, -0.25) is 9.59 Å². The molecule has 0 aliphatic rings. The molecule has 0 radical (unpaired) electrons. The Morgan fingerprint density at radius 3 is 2.36 bits per heavy atom. The van der Waals surface area contributed by atoms with E-state index in [2.05, 4.69) is 5.32 Å². The number of hydrogen-bond acceptors (Lipinski definition) is 4. The topological polar surface area (TPSA) is 83.6 Å². The Morgan fingerprint density at radius 2 is 1.71 bits per heavy atom. The maximum atomic E-state index is 13.4. The molecule has 2 aromatic carbocycles. The van der Waals surface area contributed by atoms with E-state index in [1.807, 2.05) is 0 Å². The van der Waals surface area contributed by atoms with Crippen molar-refractivity contribution >= 4 is 21.7 Å². The van der Waals surface area contributed by atoms with Crippen molar-refractivity contribution in [1.82, 2.24) is 10.2 Å². The third-order valence-electron chi connectivity index (χ3n) is 3.69. The third-order valence-corrected chi connectivity index (χ3v) is 5.44. The Hall–Kier alpha value is -3.07. The number of nitrogens with one attached hydrogen (secondary N) is 1. The van der Waals surface area contributed by atoms with Gasteiger partial charge in [-0.1, -0.05) is 12.1 Å². The van der Waals surface area contributed by atoms with Gasteiger partial charge in [0.05, 0.1) is 9.79 Å². The van der Waals surface area contributed by atoms with Crippen LogP contribution in [-0.2, 0) is 14.6 Å². The second kappa shape index (κ2) is 8.75. The molecule has 0 saturated heterocycles. The van der Waals surface area contributed by atoms with Gasteiger partial charge in [-0.05, 0) is 36.4 Å². The number of carbonyl (C=O) groups is 2. The largest absolute Gasteiger partial charge is 0.349 e. The standard InChI is InChI=1S/C19H18F2N2O4S/c1-23(2)18(24)7-4-10-22-19(25)13-5-3-6-14(11-13)28(26,27)15-8-9-16(20)17(21)12-15/h3-9,11-12H,10H2,1-2H3,(H,22,25)/b7-4+. The fraction of sp³-hybridized carbons (Fsp3) is 0.158. The van der Waals surface area contributed by atoms with E-state index >= 15 is 0 Å². The average Bonchev–Trinajstić information content (AvgIpc) is 2.66. The summed E-state index contributed by atoms with van der Waals surface area (Å²) in [6.45, 7) is 0.0680. The fourth-order valence-electron chi connectivity index (χ4n) is 2.15. The highest BCUT2D eigenvalue weighted by Gasteiger charge is 2.20. The zero-order chi connectivity index (χ0) is 20.9. The van der Waals surface area contributed by atoms with Crippen LogP contribution in [0, 0.1) is 11.6 Å². The SMILES string of the molecule is CN(C)C(=O)/C=C/CNC(=O)c1cccc(S(=O)(=O)c2ccc(F)c(F)c2)c1. The van der Waals surface area contributed by atoms with Gasteiger partial charge in [0.2, 0.25) is 15.7 Å². The van der Waals surface area contributed by atoms with Gasteiger partial charge in [-0.2, -0.15) is 0 Å². The predicted molar refractivity (Wildman–Crippen MR) is 98.4 cm³/mol. The molecule has 0 aromatic heterocycles. The molecule has 0 fully saturated rings. The first-order valence-corrected chi connectivity index (χ1v) is 9.57. The maximum Gasteiger partial charge on any atom is 0.251 e. The van der Waals surface area contributed by atoms with Crippen LogP contribution in [0.2, 0.25) is 0 Å². The summed E-state index contributed by atoms with van der Waals surface area (Å²) < 4.78 is 51.6. The second-order valence-corrected chi connectivity index (χ2v) is 7.90. The molecule has 0 bridgehead atoms. The molecule has 2 aromatic rings. The van der Waals surface area contributed by atoms with Crippen molar-refractivity contribution in [2.24, 2.45) is 0 Å². The van der Waals surface area contributed by atoms with Crippen molar-refractivity contribution in [3.63, 3.8) is 0 Å². The highest BCUT2D eigenvalue weighted by atomic mass is 32.2. The molecule has 0 spiro atoms. The number of nitrogens with zero attached hydrogens (tertiary/aromatic N) is 1. The lowest BCUT2D eigenvalue weighted by atomic mass is 10.2. The van der Waals surface area contributed by atoms with Crippen LogP contribution in [0.5, 0.6) is 0 Å². The number of amides is 2. The van der Waals surface area contributed by atoms with Gasteiger partial charge in [0.25, 0.3) is 5.91 Å². The number of halogens is 2. The van der Waals surface area contributed by atoms with E-state index < -0.39 is 32.3 Å². The molecule has 0 atom stereocenters. The first-order chi connectivity index (χ1) is 13.1. The molecule has 0 aliphatic carbocycles. The van der Waals surface area contributed by atoms with E-state index in [0.29, 0.717) is 6.07 Å². The van der Waals surface area contributed by atoms with Gasteiger partial charge < -0.3 is 10.2 Å². The molecule has 0 unspecified atom stereocenters. The maximum absolute atomic E-state index is 13.4. The van der Waals surface area contributed by atoms with Crippen molar-refractivity contribution < 1.29 is 26.8 Å². The number of benzene rings is 2. The second-order valence-electron chi connectivity index (χ2n) is 5.95. The summed E-state index contributed by atoms with van der Waals surface area (Å²) in [5, 5.41) is 2.53. The Kier molecular flexibility index (Phi) is 6.63. The summed E-state index contributed by atoms with van der Waals surface area (Å²) in [5.41, 5.74) is 0.0657. The first-order valence-electron chi connectivity index (χ1n) is 8.09. The summed E-state index contributed by atoms with van der Waals surface area (Å²) in [5.74, 6) is -3.24. The molecule has 9 heteroatoms. The van der Waals surface area contributed by atoms with E-state index in [-0.39, 0.29) is 22.9 Å². The molecule has 1 N–H and O–H groups in total. The van der Waals surface area contributed by atoms with Crippen LogP contribution < -0.4 is 5.32 Å². The molecule has 0 saturated carbocycles. The molecule has 2 rings (SSSR count). The summed E-state index contributed by atoms with van der Waals surface area (Å²) in [6.07, 6.45) is 2.76. The molecule has 28 heavy (non-hydrogen) atoms. The van der Waals surface area contributed by atoms with Crippen molar-refractivity contribution in [1.29, 1.82) is 0 Å². The zero-order valence-electron chi connectivity index (χ0n) is 15.1. The molecule has 0 heterocycles. The molecule has 6 nitrogen and oxygen atoms in total. The Balaban J connectivity index is 2.17. The minimum Gasteiger partial charge on any atom is -0.349 e. The fourth-order valence-corrected chi connectivity index (χ4v) is 3.46. The Morgan fingerprint density at radius 1 is 1.04 bits per heavy atom. The van der Waals surface area contributed by atoms with E-state index in [4.69, 9.17) is 0 Å². The lowest BCUT2D eigenvalue weighted by Crippen LogP contribution is -2.24. The van der Waals surface area contributed by atoms with E-state index in [1.165, 1.54) is 35.3 Å². The highest BCUT2D eigenvalue weighted by Crippen LogP contribution is 2.23. The smallest absolute Gasteiger partial charge is 0.251 e.